The van der Waals surface area contributed by atoms with E-state index in [1.54, 1.807) is 12.1 Å². The lowest BCUT2D eigenvalue weighted by molar-refractivity contribution is 0.262. The Balaban J connectivity index is 2.63. The molecule has 88 valence electrons. The van der Waals surface area contributed by atoms with Crippen LogP contribution < -0.4 is 15.8 Å². The third kappa shape index (κ3) is 3.64. The van der Waals surface area contributed by atoms with Crippen molar-refractivity contribution in [3.8, 4) is 11.5 Å². The first-order valence-corrected chi connectivity index (χ1v) is 4.72. The molecule has 0 aliphatic heterocycles. The number of guanidine groups is 1. The predicted octanol–water partition coefficient (Wildman–Crippen LogP) is 0.724. The molecule has 0 aliphatic rings. The first-order chi connectivity index (χ1) is 7.63. The van der Waals surface area contributed by atoms with Crippen LogP contribution in [0.1, 0.15) is 5.56 Å². The average Bonchev–Trinajstić information content (AvgIpc) is 2.25. The van der Waals surface area contributed by atoms with Gasteiger partial charge < -0.3 is 20.9 Å². The molecule has 0 fully saturated rings. The van der Waals surface area contributed by atoms with Crippen molar-refractivity contribution in [2.45, 2.75) is 6.54 Å². The summed E-state index contributed by atoms with van der Waals surface area (Å²) in [5, 5.41) is 19.1. The molecule has 0 saturated carbocycles. The third-order valence-corrected chi connectivity index (χ3v) is 1.84. The number of aromatic hydroxyl groups is 1. The lowest BCUT2D eigenvalue weighted by Crippen LogP contribution is -2.29. The van der Waals surface area contributed by atoms with Gasteiger partial charge in [-0.1, -0.05) is 6.07 Å². The number of alkyl halides is 1. The van der Waals surface area contributed by atoms with E-state index in [1.807, 2.05) is 0 Å². The van der Waals surface area contributed by atoms with Gasteiger partial charge in [-0.05, 0) is 17.7 Å². The summed E-state index contributed by atoms with van der Waals surface area (Å²) in [5.74, 6) is 0.0396. The van der Waals surface area contributed by atoms with Crippen molar-refractivity contribution in [2.75, 3.05) is 13.3 Å². The summed E-state index contributed by atoms with van der Waals surface area (Å²) in [7, 11) is 0. The van der Waals surface area contributed by atoms with Crippen molar-refractivity contribution < 1.29 is 14.2 Å². The number of hydrogen-bond acceptors (Lipinski definition) is 3. The number of rotatable bonds is 5. The van der Waals surface area contributed by atoms with E-state index in [4.69, 9.17) is 15.9 Å². The van der Waals surface area contributed by atoms with Crippen LogP contribution in [0.15, 0.2) is 18.2 Å². The molecule has 1 rings (SSSR count). The van der Waals surface area contributed by atoms with E-state index in [1.165, 1.54) is 6.07 Å². The minimum atomic E-state index is -0.604. The van der Waals surface area contributed by atoms with E-state index in [9.17, 15) is 9.50 Å². The number of phenolic OH excluding ortho intramolecular Hbond substituents is 1. The van der Waals surface area contributed by atoms with Gasteiger partial charge >= 0.3 is 0 Å². The van der Waals surface area contributed by atoms with Crippen molar-refractivity contribution in [2.24, 2.45) is 5.73 Å². The minimum absolute atomic E-state index is 0.0590. The highest BCUT2D eigenvalue weighted by Crippen LogP contribution is 2.26. The van der Waals surface area contributed by atoms with Crippen LogP contribution in [0.25, 0.3) is 0 Å². The molecule has 6 heteroatoms. The van der Waals surface area contributed by atoms with Crippen molar-refractivity contribution in [1.29, 1.82) is 5.41 Å². The summed E-state index contributed by atoms with van der Waals surface area (Å²) in [4.78, 5) is 0. The Morgan fingerprint density at radius 1 is 1.56 bits per heavy atom. The van der Waals surface area contributed by atoms with Crippen LogP contribution in [-0.4, -0.2) is 24.3 Å². The second-order valence-corrected chi connectivity index (χ2v) is 3.11. The molecule has 0 bridgehead atoms. The van der Waals surface area contributed by atoms with Crippen LogP contribution in [0, 0.1) is 5.41 Å². The minimum Gasteiger partial charge on any atom is -0.504 e. The Morgan fingerprint density at radius 2 is 2.31 bits per heavy atom. The smallest absolute Gasteiger partial charge is 0.185 e. The molecule has 0 radical (unpaired) electrons. The van der Waals surface area contributed by atoms with Gasteiger partial charge in [0.2, 0.25) is 0 Å². The second kappa shape index (κ2) is 5.79. The van der Waals surface area contributed by atoms with E-state index in [2.05, 4.69) is 5.32 Å². The maximum atomic E-state index is 11.8. The van der Waals surface area contributed by atoms with E-state index in [0.29, 0.717) is 6.54 Å². The number of halogens is 1. The van der Waals surface area contributed by atoms with Gasteiger partial charge in [0.05, 0.1) is 0 Å². The zero-order chi connectivity index (χ0) is 12.0. The molecule has 0 amide bonds. The lowest BCUT2D eigenvalue weighted by atomic mass is 10.2. The second-order valence-electron chi connectivity index (χ2n) is 3.11. The molecule has 0 saturated heterocycles. The molecule has 5 nitrogen and oxygen atoms in total. The maximum absolute atomic E-state index is 11.8. The fraction of sp³-hybridized carbons (Fsp3) is 0.300. The molecule has 16 heavy (non-hydrogen) atoms. The monoisotopic (exact) mass is 227 g/mol. The fourth-order valence-corrected chi connectivity index (χ4v) is 1.14. The standard InChI is InChI=1S/C10H14FN3O2/c11-3-4-16-9-2-1-7(5-8(9)15)6-14-10(12)13/h1-2,5,15H,3-4,6H2,(H4,12,13,14). The summed E-state index contributed by atoms with van der Waals surface area (Å²) < 4.78 is 16.8. The predicted molar refractivity (Wildman–Crippen MR) is 58.3 cm³/mol. The van der Waals surface area contributed by atoms with Gasteiger partial charge in [-0.3, -0.25) is 5.41 Å². The van der Waals surface area contributed by atoms with Crippen molar-refractivity contribution >= 4 is 5.96 Å². The number of ether oxygens (including phenoxy) is 1. The van der Waals surface area contributed by atoms with Gasteiger partial charge in [0.15, 0.2) is 17.5 Å². The van der Waals surface area contributed by atoms with Crippen molar-refractivity contribution in [1.82, 2.24) is 5.32 Å². The van der Waals surface area contributed by atoms with Gasteiger partial charge in [0.25, 0.3) is 0 Å². The van der Waals surface area contributed by atoms with Crippen LogP contribution in [0.2, 0.25) is 0 Å². The Morgan fingerprint density at radius 3 is 2.88 bits per heavy atom. The molecule has 5 N–H and O–H groups in total. The first kappa shape index (κ1) is 12.1. The molecule has 0 spiro atoms. The first-order valence-electron chi connectivity index (χ1n) is 4.72. The highest BCUT2D eigenvalue weighted by atomic mass is 19.1. The van der Waals surface area contributed by atoms with Crippen molar-refractivity contribution in [3.63, 3.8) is 0 Å². The SMILES string of the molecule is N=C(N)NCc1ccc(OCCF)c(O)c1. The quantitative estimate of drug-likeness (QED) is 0.440. The summed E-state index contributed by atoms with van der Waals surface area (Å²) in [5.41, 5.74) is 5.87. The Hall–Kier alpha value is -1.98. The third-order valence-electron chi connectivity index (χ3n) is 1.84. The van der Waals surface area contributed by atoms with Gasteiger partial charge in [0.1, 0.15) is 13.3 Å². The van der Waals surface area contributed by atoms with Gasteiger partial charge in [-0.25, -0.2) is 4.39 Å². The van der Waals surface area contributed by atoms with Crippen LogP contribution in [0.4, 0.5) is 4.39 Å². The molecule has 0 atom stereocenters. The van der Waals surface area contributed by atoms with E-state index < -0.39 is 6.67 Å². The normalized spacial score (nSPS) is 9.81. The molecule has 0 aliphatic carbocycles. The number of nitrogens with one attached hydrogen (secondary N) is 2. The summed E-state index contributed by atoms with van der Waals surface area (Å²) in [6, 6.07) is 4.72. The van der Waals surface area contributed by atoms with Crippen molar-refractivity contribution in [3.05, 3.63) is 23.8 Å². The Bertz CT molecular complexity index is 371. The lowest BCUT2D eigenvalue weighted by Gasteiger charge is -2.08. The topological polar surface area (TPSA) is 91.4 Å². The molecule has 0 heterocycles. The number of benzene rings is 1. The number of phenols is 1. The highest BCUT2D eigenvalue weighted by Gasteiger charge is 2.03. The van der Waals surface area contributed by atoms with E-state index in [0.717, 1.165) is 5.56 Å². The Labute approximate surface area is 92.5 Å². The maximum Gasteiger partial charge on any atom is 0.185 e. The van der Waals surface area contributed by atoms with Gasteiger partial charge in [-0.15, -0.1) is 0 Å². The molecular formula is C10H14FN3O2. The van der Waals surface area contributed by atoms with E-state index in [-0.39, 0.29) is 24.1 Å². The number of hydrogen-bond donors (Lipinski definition) is 4. The van der Waals surface area contributed by atoms with Crippen LogP contribution in [0.3, 0.4) is 0 Å². The fourth-order valence-electron chi connectivity index (χ4n) is 1.14. The summed E-state index contributed by atoms with van der Waals surface area (Å²) >= 11 is 0. The average molecular weight is 227 g/mol. The zero-order valence-electron chi connectivity index (χ0n) is 8.66. The zero-order valence-corrected chi connectivity index (χ0v) is 8.66. The molecule has 1 aromatic rings. The van der Waals surface area contributed by atoms with Gasteiger partial charge in [-0.2, -0.15) is 0 Å². The number of nitrogens with two attached hydrogens (primary N) is 1. The summed E-state index contributed by atoms with van der Waals surface area (Å²) in [6.45, 7) is -0.349. The largest absolute Gasteiger partial charge is 0.504 e. The molecule has 0 aromatic heterocycles. The Kier molecular flexibility index (Phi) is 4.38. The van der Waals surface area contributed by atoms with Crippen LogP contribution >= 0.6 is 0 Å². The molecule has 1 aromatic carbocycles. The van der Waals surface area contributed by atoms with Crippen LogP contribution in [-0.2, 0) is 6.54 Å². The summed E-state index contributed by atoms with van der Waals surface area (Å²) in [6.07, 6.45) is 0. The molecule has 0 unspecified atom stereocenters. The van der Waals surface area contributed by atoms with Crippen LogP contribution in [0.5, 0.6) is 11.5 Å². The highest BCUT2D eigenvalue weighted by molar-refractivity contribution is 5.74. The van der Waals surface area contributed by atoms with E-state index >= 15 is 0 Å². The molecular weight excluding hydrogens is 213 g/mol. The van der Waals surface area contributed by atoms with Gasteiger partial charge in [0, 0.05) is 6.54 Å².